The van der Waals surface area contributed by atoms with Crippen LogP contribution in [-0.2, 0) is 16.9 Å². The normalized spacial score (nSPS) is 17.1. The fraction of sp³-hybridized carbons (Fsp3) is 0.600. The average molecular weight is 261 g/mol. The maximum atomic E-state index is 11.8. The lowest BCUT2D eigenvalue weighted by Crippen LogP contribution is -2.34. The largest absolute Gasteiger partial charge is 0.352 e. The van der Waals surface area contributed by atoms with Gasteiger partial charge in [-0.1, -0.05) is 20.8 Å². The number of nitrogens with one attached hydrogen (secondary N) is 2. The Morgan fingerprint density at radius 1 is 1.42 bits per heavy atom. The van der Waals surface area contributed by atoms with Gasteiger partial charge in [-0.05, 0) is 37.6 Å². The van der Waals surface area contributed by atoms with Crippen molar-refractivity contribution in [2.24, 2.45) is 5.41 Å². The van der Waals surface area contributed by atoms with Crippen molar-refractivity contribution in [2.75, 3.05) is 7.05 Å². The summed E-state index contributed by atoms with van der Waals surface area (Å²) in [5, 5.41) is 6.30. The maximum Gasteiger partial charge on any atom is 0.225 e. The second-order valence-corrected chi connectivity index (χ2v) is 6.31. The van der Waals surface area contributed by atoms with Gasteiger partial charge in [-0.2, -0.15) is 0 Å². The summed E-state index contributed by atoms with van der Waals surface area (Å²) in [6.07, 6.45) is 4.09. The Balaban J connectivity index is 2.02. The van der Waals surface area contributed by atoms with Gasteiger partial charge in [0.1, 0.15) is 0 Å². The molecule has 4 nitrogen and oxygen atoms in total. The predicted octanol–water partition coefficient (Wildman–Crippen LogP) is 1.95. The third-order valence-electron chi connectivity index (χ3n) is 3.68. The number of hydrogen-bond donors (Lipinski definition) is 2. The third kappa shape index (κ3) is 3.13. The van der Waals surface area contributed by atoms with Crippen molar-refractivity contribution < 1.29 is 4.79 Å². The van der Waals surface area contributed by atoms with Crippen molar-refractivity contribution in [1.29, 1.82) is 0 Å². The molecule has 1 aromatic heterocycles. The molecule has 1 heterocycles. The molecule has 0 spiro atoms. The molecule has 0 radical (unpaired) electrons. The summed E-state index contributed by atoms with van der Waals surface area (Å²) in [6.45, 7) is 6.31. The molecule has 0 saturated heterocycles. The maximum absolute atomic E-state index is 11.8. The minimum Gasteiger partial charge on any atom is -0.352 e. The Kier molecular flexibility index (Phi) is 3.63. The third-order valence-corrected chi connectivity index (χ3v) is 3.68. The van der Waals surface area contributed by atoms with Gasteiger partial charge in [0.15, 0.2) is 0 Å². The van der Waals surface area contributed by atoms with Crippen molar-refractivity contribution >= 4 is 5.91 Å². The Morgan fingerprint density at radius 3 is 2.63 bits per heavy atom. The van der Waals surface area contributed by atoms with Gasteiger partial charge in [-0.25, -0.2) is 0 Å². The summed E-state index contributed by atoms with van der Waals surface area (Å²) in [7, 11) is 1.97. The smallest absolute Gasteiger partial charge is 0.225 e. The lowest BCUT2D eigenvalue weighted by atomic mass is 9.95. The van der Waals surface area contributed by atoms with E-state index >= 15 is 0 Å². The summed E-state index contributed by atoms with van der Waals surface area (Å²) in [6, 6.07) is 4.05. The number of hydrogen-bond acceptors (Lipinski definition) is 3. The van der Waals surface area contributed by atoms with Gasteiger partial charge in [-0.15, -0.1) is 0 Å². The van der Waals surface area contributed by atoms with Crippen LogP contribution in [0.2, 0.25) is 0 Å². The van der Waals surface area contributed by atoms with Gasteiger partial charge in [0.25, 0.3) is 0 Å². The number of carbonyl (C=O) groups is 1. The topological polar surface area (TPSA) is 54.0 Å². The Morgan fingerprint density at radius 2 is 2.11 bits per heavy atom. The lowest BCUT2D eigenvalue weighted by Gasteiger charge is -2.18. The fourth-order valence-corrected chi connectivity index (χ4v) is 2.05. The van der Waals surface area contributed by atoms with Crippen LogP contribution in [0.25, 0.3) is 0 Å². The van der Waals surface area contributed by atoms with Crippen molar-refractivity contribution in [3.05, 3.63) is 29.6 Å². The quantitative estimate of drug-likeness (QED) is 0.871. The van der Waals surface area contributed by atoms with E-state index in [1.807, 2.05) is 40.1 Å². The second kappa shape index (κ2) is 4.93. The van der Waals surface area contributed by atoms with E-state index in [0.29, 0.717) is 6.54 Å². The number of pyridine rings is 1. The molecular formula is C15H23N3O. The summed E-state index contributed by atoms with van der Waals surface area (Å²) in [4.78, 5) is 16.3. The number of amides is 1. The minimum absolute atomic E-state index is 0.0700. The van der Waals surface area contributed by atoms with E-state index in [9.17, 15) is 4.79 Å². The number of aromatic nitrogens is 1. The molecule has 19 heavy (non-hydrogen) atoms. The van der Waals surface area contributed by atoms with Crippen molar-refractivity contribution in [3.8, 4) is 0 Å². The first-order chi connectivity index (χ1) is 8.87. The van der Waals surface area contributed by atoms with Crippen LogP contribution in [0.5, 0.6) is 0 Å². The van der Waals surface area contributed by atoms with Crippen LogP contribution in [0.3, 0.4) is 0 Å². The highest BCUT2D eigenvalue weighted by molar-refractivity contribution is 5.81. The molecule has 0 aliphatic heterocycles. The van der Waals surface area contributed by atoms with Gasteiger partial charge in [0.05, 0.1) is 11.2 Å². The first kappa shape index (κ1) is 14.0. The standard InChI is InChI=1S/C15H23N3O/c1-14(2,3)13(19)18-10-11-5-8-17-12(9-11)15(16-4)6-7-15/h5,8-9,16H,6-7,10H2,1-4H3,(H,18,19). The predicted molar refractivity (Wildman–Crippen MR) is 75.5 cm³/mol. The zero-order valence-electron chi connectivity index (χ0n) is 12.2. The molecule has 1 aliphatic carbocycles. The molecule has 0 unspecified atom stereocenters. The molecule has 104 valence electrons. The van der Waals surface area contributed by atoms with Crippen molar-refractivity contribution in [2.45, 2.75) is 45.7 Å². The van der Waals surface area contributed by atoms with Gasteiger partial charge >= 0.3 is 0 Å². The van der Waals surface area contributed by atoms with E-state index in [0.717, 1.165) is 24.1 Å². The summed E-state index contributed by atoms with van der Waals surface area (Å²) >= 11 is 0. The molecule has 0 atom stereocenters. The first-order valence-corrected chi connectivity index (χ1v) is 6.80. The van der Waals surface area contributed by atoms with Crippen LogP contribution in [0.15, 0.2) is 18.3 Å². The van der Waals surface area contributed by atoms with E-state index in [1.165, 1.54) is 0 Å². The molecular weight excluding hydrogens is 238 g/mol. The Hall–Kier alpha value is -1.42. The molecule has 1 fully saturated rings. The van der Waals surface area contributed by atoms with Crippen LogP contribution in [0, 0.1) is 5.41 Å². The minimum atomic E-state index is -0.349. The highest BCUT2D eigenvalue weighted by Crippen LogP contribution is 2.44. The molecule has 1 saturated carbocycles. The molecule has 0 aromatic carbocycles. The number of carbonyl (C=O) groups excluding carboxylic acids is 1. The Labute approximate surface area is 115 Å². The highest BCUT2D eigenvalue weighted by Gasteiger charge is 2.44. The van der Waals surface area contributed by atoms with Crippen LogP contribution in [0.4, 0.5) is 0 Å². The van der Waals surface area contributed by atoms with E-state index in [1.54, 1.807) is 0 Å². The van der Waals surface area contributed by atoms with Crippen LogP contribution in [0.1, 0.15) is 44.9 Å². The van der Waals surface area contributed by atoms with E-state index in [2.05, 4.69) is 21.7 Å². The summed E-state index contributed by atoms with van der Waals surface area (Å²) in [5.41, 5.74) is 1.91. The van der Waals surface area contributed by atoms with Crippen LogP contribution in [-0.4, -0.2) is 17.9 Å². The van der Waals surface area contributed by atoms with Gasteiger partial charge in [0, 0.05) is 18.2 Å². The highest BCUT2D eigenvalue weighted by atomic mass is 16.2. The molecule has 0 bridgehead atoms. The lowest BCUT2D eigenvalue weighted by molar-refractivity contribution is -0.128. The zero-order chi connectivity index (χ0) is 14.1. The second-order valence-electron chi connectivity index (χ2n) is 6.31. The molecule has 1 aliphatic rings. The summed E-state index contributed by atoms with van der Waals surface area (Å²) < 4.78 is 0. The number of rotatable bonds is 4. The van der Waals surface area contributed by atoms with Gasteiger partial charge < -0.3 is 10.6 Å². The molecule has 2 rings (SSSR count). The van der Waals surface area contributed by atoms with Gasteiger partial charge in [-0.3, -0.25) is 9.78 Å². The molecule has 1 aromatic rings. The fourth-order valence-electron chi connectivity index (χ4n) is 2.05. The SMILES string of the molecule is CNC1(c2cc(CNC(=O)C(C)(C)C)ccn2)CC1. The van der Waals surface area contributed by atoms with Crippen molar-refractivity contribution in [3.63, 3.8) is 0 Å². The van der Waals surface area contributed by atoms with Gasteiger partial charge in [0.2, 0.25) is 5.91 Å². The Bertz CT molecular complexity index is 473. The first-order valence-electron chi connectivity index (χ1n) is 6.80. The average Bonchev–Trinajstić information content (AvgIpc) is 3.16. The monoisotopic (exact) mass is 261 g/mol. The van der Waals surface area contributed by atoms with E-state index in [-0.39, 0.29) is 16.9 Å². The summed E-state index contributed by atoms with van der Waals surface area (Å²) in [5.74, 6) is 0.0700. The van der Waals surface area contributed by atoms with Crippen LogP contribution >= 0.6 is 0 Å². The van der Waals surface area contributed by atoms with E-state index < -0.39 is 0 Å². The van der Waals surface area contributed by atoms with Crippen LogP contribution < -0.4 is 10.6 Å². The van der Waals surface area contributed by atoms with Crippen molar-refractivity contribution in [1.82, 2.24) is 15.6 Å². The molecule has 2 N–H and O–H groups in total. The zero-order valence-corrected chi connectivity index (χ0v) is 12.2. The number of nitrogens with zero attached hydrogens (tertiary/aromatic N) is 1. The molecule has 1 amide bonds. The molecule has 4 heteroatoms. The van der Waals surface area contributed by atoms with E-state index in [4.69, 9.17) is 0 Å².